The van der Waals surface area contributed by atoms with Crippen molar-refractivity contribution in [2.75, 3.05) is 6.26 Å². The topological polar surface area (TPSA) is 66.4 Å². The van der Waals surface area contributed by atoms with E-state index in [9.17, 15) is 8.42 Å². The van der Waals surface area contributed by atoms with Gasteiger partial charge in [-0.1, -0.05) is 30.7 Å². The van der Waals surface area contributed by atoms with E-state index in [4.69, 9.17) is 5.11 Å². The number of aliphatic hydroxyl groups excluding tert-OH is 1. The number of sulfone groups is 1. The van der Waals surface area contributed by atoms with Crippen LogP contribution in [0, 0.1) is 0 Å². The predicted molar refractivity (Wildman–Crippen MR) is 75.5 cm³/mol. The third kappa shape index (κ3) is 3.78. The van der Waals surface area contributed by atoms with Crippen LogP contribution in [0.2, 0.25) is 0 Å². The lowest BCUT2D eigenvalue weighted by molar-refractivity contribution is 0.282. The van der Waals surface area contributed by atoms with Gasteiger partial charge in [-0.15, -0.1) is 0 Å². The molecule has 19 heavy (non-hydrogen) atoms. The molecule has 106 valence electrons. The number of rotatable bonds is 5. The minimum absolute atomic E-state index is 0.0481. The van der Waals surface area contributed by atoms with Crippen molar-refractivity contribution in [3.8, 4) is 0 Å². The molecule has 5 heteroatoms. The molecule has 0 saturated heterocycles. The highest BCUT2D eigenvalue weighted by molar-refractivity contribution is 7.91. The lowest BCUT2D eigenvalue weighted by Crippen LogP contribution is -2.39. The second-order valence-corrected chi connectivity index (χ2v) is 7.53. The third-order valence-electron chi connectivity index (χ3n) is 3.78. The fourth-order valence-electron chi connectivity index (χ4n) is 2.68. The standard InChI is InChI=1S/C14H21NO3S/c1-19(17,18)14-4-2-3-13(14)15-9-11-5-7-12(10-16)8-6-11/h5-8,13-16H,2-4,9-10H2,1H3. The van der Waals surface area contributed by atoms with Crippen LogP contribution >= 0.6 is 0 Å². The van der Waals surface area contributed by atoms with Crippen molar-refractivity contribution >= 4 is 9.84 Å². The Hall–Kier alpha value is -0.910. The van der Waals surface area contributed by atoms with Crippen molar-refractivity contribution in [1.29, 1.82) is 0 Å². The second kappa shape index (κ2) is 6.03. The summed E-state index contributed by atoms with van der Waals surface area (Å²) in [6, 6.07) is 7.76. The first-order valence-corrected chi connectivity index (χ1v) is 8.57. The summed E-state index contributed by atoms with van der Waals surface area (Å²) in [6.07, 6.45) is 3.99. The Morgan fingerprint density at radius 1 is 1.21 bits per heavy atom. The fourth-order valence-corrected chi connectivity index (χ4v) is 4.11. The Labute approximate surface area is 114 Å². The van der Waals surface area contributed by atoms with Gasteiger partial charge in [0.1, 0.15) is 0 Å². The molecule has 1 aromatic rings. The van der Waals surface area contributed by atoms with Crippen LogP contribution in [0.3, 0.4) is 0 Å². The van der Waals surface area contributed by atoms with E-state index in [1.807, 2.05) is 24.3 Å². The van der Waals surface area contributed by atoms with E-state index in [0.717, 1.165) is 30.4 Å². The molecule has 0 spiro atoms. The Balaban J connectivity index is 1.94. The van der Waals surface area contributed by atoms with Gasteiger partial charge in [-0.3, -0.25) is 0 Å². The third-order valence-corrected chi connectivity index (χ3v) is 5.44. The Morgan fingerprint density at radius 2 is 1.84 bits per heavy atom. The largest absolute Gasteiger partial charge is 0.392 e. The lowest BCUT2D eigenvalue weighted by Gasteiger charge is -2.19. The smallest absolute Gasteiger partial charge is 0.151 e. The Morgan fingerprint density at radius 3 is 2.42 bits per heavy atom. The van der Waals surface area contributed by atoms with E-state index in [1.54, 1.807) is 0 Å². The molecular formula is C14H21NO3S. The maximum Gasteiger partial charge on any atom is 0.151 e. The zero-order chi connectivity index (χ0) is 13.9. The molecule has 0 aromatic heterocycles. The molecule has 2 rings (SSSR count). The Bertz CT molecular complexity index is 510. The average molecular weight is 283 g/mol. The van der Waals surface area contributed by atoms with Crippen molar-refractivity contribution in [3.05, 3.63) is 35.4 Å². The van der Waals surface area contributed by atoms with Gasteiger partial charge in [0.2, 0.25) is 0 Å². The van der Waals surface area contributed by atoms with Crippen LogP contribution < -0.4 is 5.32 Å². The van der Waals surface area contributed by atoms with E-state index in [0.29, 0.717) is 6.54 Å². The highest BCUT2D eigenvalue weighted by Gasteiger charge is 2.34. The lowest BCUT2D eigenvalue weighted by atomic mass is 10.1. The van der Waals surface area contributed by atoms with Crippen LogP contribution in [0.4, 0.5) is 0 Å². The van der Waals surface area contributed by atoms with Gasteiger partial charge in [-0.2, -0.15) is 0 Å². The summed E-state index contributed by atoms with van der Waals surface area (Å²) < 4.78 is 23.3. The molecule has 0 radical (unpaired) electrons. The summed E-state index contributed by atoms with van der Waals surface area (Å²) in [5.74, 6) is 0. The minimum Gasteiger partial charge on any atom is -0.392 e. The summed E-state index contributed by atoms with van der Waals surface area (Å²) >= 11 is 0. The Kier molecular flexibility index (Phi) is 4.60. The second-order valence-electron chi connectivity index (χ2n) is 5.26. The van der Waals surface area contributed by atoms with Crippen LogP contribution in [-0.2, 0) is 23.0 Å². The van der Waals surface area contributed by atoms with Crippen LogP contribution in [0.5, 0.6) is 0 Å². The summed E-state index contributed by atoms with van der Waals surface area (Å²) in [4.78, 5) is 0. The maximum atomic E-state index is 11.7. The van der Waals surface area contributed by atoms with Gasteiger partial charge in [0.05, 0.1) is 11.9 Å². The first-order valence-electron chi connectivity index (χ1n) is 6.61. The van der Waals surface area contributed by atoms with Crippen molar-refractivity contribution in [3.63, 3.8) is 0 Å². The number of nitrogens with one attached hydrogen (secondary N) is 1. The highest BCUT2D eigenvalue weighted by Crippen LogP contribution is 2.25. The van der Waals surface area contributed by atoms with Crippen molar-refractivity contribution in [2.45, 2.75) is 43.7 Å². The molecule has 2 unspecified atom stereocenters. The van der Waals surface area contributed by atoms with Gasteiger partial charge in [-0.05, 0) is 24.0 Å². The van der Waals surface area contributed by atoms with E-state index >= 15 is 0 Å². The molecule has 0 heterocycles. The van der Waals surface area contributed by atoms with Gasteiger partial charge < -0.3 is 10.4 Å². The number of aliphatic hydroxyl groups is 1. The van der Waals surface area contributed by atoms with Crippen molar-refractivity contribution in [1.82, 2.24) is 5.32 Å². The molecule has 2 N–H and O–H groups in total. The summed E-state index contributed by atoms with van der Waals surface area (Å²) in [5, 5.41) is 12.1. The molecule has 1 fully saturated rings. The maximum absolute atomic E-state index is 11.7. The molecule has 0 bridgehead atoms. The van der Waals surface area contributed by atoms with Gasteiger partial charge >= 0.3 is 0 Å². The van der Waals surface area contributed by atoms with Crippen molar-refractivity contribution in [2.24, 2.45) is 0 Å². The average Bonchev–Trinajstić information content (AvgIpc) is 2.85. The molecule has 1 aliphatic rings. The number of benzene rings is 1. The SMILES string of the molecule is CS(=O)(=O)C1CCCC1NCc1ccc(CO)cc1. The van der Waals surface area contributed by atoms with E-state index in [2.05, 4.69) is 5.32 Å². The quantitative estimate of drug-likeness (QED) is 0.853. The first-order chi connectivity index (χ1) is 9.00. The molecule has 0 amide bonds. The zero-order valence-corrected chi connectivity index (χ0v) is 12.0. The number of hydrogen-bond acceptors (Lipinski definition) is 4. The summed E-state index contributed by atoms with van der Waals surface area (Å²) in [6.45, 7) is 0.717. The molecule has 1 saturated carbocycles. The normalized spacial score (nSPS) is 23.7. The molecule has 1 aromatic carbocycles. The summed E-state index contributed by atoms with van der Waals surface area (Å²) in [7, 11) is -2.96. The van der Waals surface area contributed by atoms with Gasteiger partial charge in [0, 0.05) is 18.8 Å². The molecule has 1 aliphatic carbocycles. The fraction of sp³-hybridized carbons (Fsp3) is 0.571. The molecule has 4 nitrogen and oxygen atoms in total. The van der Waals surface area contributed by atoms with Crippen molar-refractivity contribution < 1.29 is 13.5 Å². The van der Waals surface area contributed by atoms with Crippen LogP contribution in [0.25, 0.3) is 0 Å². The molecule has 2 atom stereocenters. The minimum atomic E-state index is -2.96. The van der Waals surface area contributed by atoms with Gasteiger partial charge in [0.15, 0.2) is 9.84 Å². The summed E-state index contributed by atoms with van der Waals surface area (Å²) in [5.41, 5.74) is 2.00. The predicted octanol–water partition coefficient (Wildman–Crippen LogP) is 1.23. The van der Waals surface area contributed by atoms with Crippen LogP contribution in [-0.4, -0.2) is 31.1 Å². The van der Waals surface area contributed by atoms with E-state index in [1.165, 1.54) is 6.26 Å². The van der Waals surface area contributed by atoms with Crippen LogP contribution in [0.1, 0.15) is 30.4 Å². The van der Waals surface area contributed by atoms with E-state index < -0.39 is 9.84 Å². The monoisotopic (exact) mass is 283 g/mol. The van der Waals surface area contributed by atoms with Crippen LogP contribution in [0.15, 0.2) is 24.3 Å². The molecule has 0 aliphatic heterocycles. The first kappa shape index (κ1) is 14.5. The van der Waals surface area contributed by atoms with E-state index in [-0.39, 0.29) is 17.9 Å². The zero-order valence-electron chi connectivity index (χ0n) is 11.2. The van der Waals surface area contributed by atoms with Gasteiger partial charge in [-0.25, -0.2) is 8.42 Å². The number of hydrogen-bond donors (Lipinski definition) is 2. The van der Waals surface area contributed by atoms with Gasteiger partial charge in [0.25, 0.3) is 0 Å². The molecular weight excluding hydrogens is 262 g/mol. The highest BCUT2D eigenvalue weighted by atomic mass is 32.2.